The molecular weight excluding hydrogens is 292 g/mol. The van der Waals surface area contributed by atoms with Crippen molar-refractivity contribution in [1.82, 2.24) is 19.4 Å². The molecule has 0 N–H and O–H groups in total. The minimum atomic E-state index is -0.0478. The molecule has 1 aliphatic heterocycles. The van der Waals surface area contributed by atoms with Crippen LogP contribution >= 0.6 is 0 Å². The van der Waals surface area contributed by atoms with Crippen LogP contribution in [-0.2, 0) is 6.54 Å². The molecule has 2 aromatic heterocycles. The molecule has 1 fully saturated rings. The zero-order chi connectivity index (χ0) is 15.8. The van der Waals surface area contributed by atoms with Crippen molar-refractivity contribution in [3.05, 3.63) is 36.1 Å². The Balaban J connectivity index is 1.74. The van der Waals surface area contributed by atoms with Gasteiger partial charge >= 0.3 is 0 Å². The number of imidazole rings is 1. The molecule has 1 aliphatic carbocycles. The third-order valence-corrected chi connectivity index (χ3v) is 5.19. The molecule has 1 saturated carbocycles. The molecule has 0 saturated heterocycles. The van der Waals surface area contributed by atoms with Crippen LogP contribution in [0.1, 0.15) is 60.2 Å². The number of hydrogen-bond acceptors (Lipinski definition) is 4. The average molecular weight is 314 g/mol. The van der Waals surface area contributed by atoms with Crippen molar-refractivity contribution >= 4 is 5.91 Å². The number of oxazole rings is 1. The standard InChI is InChI=1S/C17H22N4O2/c1-12-15(23-11-19-12)17(22)21-9-4-8-20-10-7-18-16(20)14(21)13-5-2-3-6-13/h7,10-11,13-14H,2-6,8-9H2,1H3. The number of nitrogens with zero attached hydrogens (tertiary/aromatic N) is 4. The Morgan fingerprint density at radius 3 is 2.78 bits per heavy atom. The molecule has 3 heterocycles. The topological polar surface area (TPSA) is 64.2 Å². The highest BCUT2D eigenvalue weighted by Gasteiger charge is 2.39. The predicted molar refractivity (Wildman–Crippen MR) is 83.8 cm³/mol. The smallest absolute Gasteiger partial charge is 0.292 e. The second-order valence-corrected chi connectivity index (χ2v) is 6.59. The first-order valence-electron chi connectivity index (χ1n) is 8.48. The number of aryl methyl sites for hydroxylation is 2. The van der Waals surface area contributed by atoms with E-state index in [9.17, 15) is 4.79 Å². The Kier molecular flexibility index (Phi) is 3.67. The summed E-state index contributed by atoms with van der Waals surface area (Å²) < 4.78 is 7.58. The van der Waals surface area contributed by atoms with Gasteiger partial charge in [0, 0.05) is 25.5 Å². The summed E-state index contributed by atoms with van der Waals surface area (Å²) in [6.07, 6.45) is 11.0. The summed E-state index contributed by atoms with van der Waals surface area (Å²) in [6.45, 7) is 3.47. The van der Waals surface area contributed by atoms with Crippen molar-refractivity contribution in [2.75, 3.05) is 6.54 Å². The fourth-order valence-electron chi connectivity index (χ4n) is 4.07. The number of rotatable bonds is 2. The second-order valence-electron chi connectivity index (χ2n) is 6.59. The maximum absolute atomic E-state index is 13.1. The maximum atomic E-state index is 13.1. The number of aromatic nitrogens is 3. The second kappa shape index (κ2) is 5.83. The van der Waals surface area contributed by atoms with Crippen molar-refractivity contribution in [1.29, 1.82) is 0 Å². The van der Waals surface area contributed by atoms with E-state index >= 15 is 0 Å². The highest BCUT2D eigenvalue weighted by atomic mass is 16.3. The van der Waals surface area contributed by atoms with Crippen LogP contribution in [0.4, 0.5) is 0 Å². The highest BCUT2D eigenvalue weighted by molar-refractivity contribution is 5.92. The fraction of sp³-hybridized carbons (Fsp3) is 0.588. The minimum absolute atomic E-state index is 0.0478. The van der Waals surface area contributed by atoms with Crippen LogP contribution in [0.3, 0.4) is 0 Å². The van der Waals surface area contributed by atoms with E-state index in [4.69, 9.17) is 4.42 Å². The predicted octanol–water partition coefficient (Wildman–Crippen LogP) is 2.96. The van der Waals surface area contributed by atoms with E-state index in [1.54, 1.807) is 0 Å². The Bertz CT molecular complexity index is 699. The minimum Gasteiger partial charge on any atom is -0.438 e. The molecule has 6 heteroatoms. The molecule has 1 amide bonds. The van der Waals surface area contributed by atoms with Crippen molar-refractivity contribution in [3.8, 4) is 0 Å². The molecule has 23 heavy (non-hydrogen) atoms. The van der Waals surface area contributed by atoms with E-state index in [1.807, 2.05) is 24.2 Å². The van der Waals surface area contributed by atoms with E-state index in [-0.39, 0.29) is 11.9 Å². The van der Waals surface area contributed by atoms with Gasteiger partial charge < -0.3 is 13.9 Å². The van der Waals surface area contributed by atoms with Gasteiger partial charge in [-0.2, -0.15) is 0 Å². The van der Waals surface area contributed by atoms with Crippen LogP contribution in [0.15, 0.2) is 23.2 Å². The molecule has 122 valence electrons. The SMILES string of the molecule is Cc1ncoc1C(=O)N1CCCn2ccnc2C1C1CCCC1. The molecule has 6 nitrogen and oxygen atoms in total. The first-order valence-corrected chi connectivity index (χ1v) is 8.48. The first kappa shape index (κ1) is 14.5. The van der Waals surface area contributed by atoms with E-state index in [0.29, 0.717) is 17.4 Å². The lowest BCUT2D eigenvalue weighted by atomic mass is 9.95. The molecule has 2 aliphatic rings. The van der Waals surface area contributed by atoms with Gasteiger partial charge in [0.05, 0.1) is 11.7 Å². The number of carbonyl (C=O) groups is 1. The first-order chi connectivity index (χ1) is 11.3. The highest BCUT2D eigenvalue weighted by Crippen LogP contribution is 2.40. The number of hydrogen-bond donors (Lipinski definition) is 0. The van der Waals surface area contributed by atoms with Crippen LogP contribution < -0.4 is 0 Å². The summed E-state index contributed by atoms with van der Waals surface area (Å²) in [6, 6.07) is 0.0481. The molecular formula is C17H22N4O2. The average Bonchev–Trinajstić information content (AvgIpc) is 3.28. The molecule has 0 radical (unpaired) electrons. The fourth-order valence-corrected chi connectivity index (χ4v) is 4.07. The van der Waals surface area contributed by atoms with Gasteiger partial charge in [-0.3, -0.25) is 4.79 Å². The van der Waals surface area contributed by atoms with E-state index in [1.165, 1.54) is 19.2 Å². The van der Waals surface area contributed by atoms with Gasteiger partial charge in [0.2, 0.25) is 5.76 Å². The van der Waals surface area contributed by atoms with Crippen LogP contribution in [0, 0.1) is 12.8 Å². The zero-order valence-corrected chi connectivity index (χ0v) is 13.4. The third-order valence-electron chi connectivity index (χ3n) is 5.19. The lowest BCUT2D eigenvalue weighted by Crippen LogP contribution is -2.38. The lowest BCUT2D eigenvalue weighted by Gasteiger charge is -2.33. The van der Waals surface area contributed by atoms with Gasteiger partial charge in [0.1, 0.15) is 5.82 Å². The summed E-state index contributed by atoms with van der Waals surface area (Å²) in [4.78, 5) is 23.7. The summed E-state index contributed by atoms with van der Waals surface area (Å²) in [5, 5.41) is 0. The Labute approximate surface area is 135 Å². The Morgan fingerprint density at radius 2 is 2.04 bits per heavy atom. The normalized spacial score (nSPS) is 22.1. The van der Waals surface area contributed by atoms with Crippen LogP contribution in [-0.4, -0.2) is 31.9 Å². The van der Waals surface area contributed by atoms with Crippen LogP contribution in [0.2, 0.25) is 0 Å². The summed E-state index contributed by atoms with van der Waals surface area (Å²) in [5.74, 6) is 1.84. The van der Waals surface area contributed by atoms with Crippen molar-refractivity contribution in [2.45, 2.75) is 51.6 Å². The monoisotopic (exact) mass is 314 g/mol. The molecule has 2 aromatic rings. The van der Waals surface area contributed by atoms with Gasteiger partial charge in [-0.25, -0.2) is 9.97 Å². The van der Waals surface area contributed by atoms with E-state index < -0.39 is 0 Å². The van der Waals surface area contributed by atoms with Crippen molar-refractivity contribution < 1.29 is 9.21 Å². The molecule has 0 spiro atoms. The Morgan fingerprint density at radius 1 is 1.22 bits per heavy atom. The van der Waals surface area contributed by atoms with Gasteiger partial charge in [-0.15, -0.1) is 0 Å². The molecule has 1 unspecified atom stereocenters. The van der Waals surface area contributed by atoms with Gasteiger partial charge in [0.15, 0.2) is 6.39 Å². The lowest BCUT2D eigenvalue weighted by molar-refractivity contribution is 0.0569. The number of fused-ring (bicyclic) bond motifs is 1. The van der Waals surface area contributed by atoms with Crippen molar-refractivity contribution in [3.63, 3.8) is 0 Å². The van der Waals surface area contributed by atoms with E-state index in [2.05, 4.69) is 14.5 Å². The molecule has 0 aromatic carbocycles. The molecule has 0 bridgehead atoms. The van der Waals surface area contributed by atoms with Crippen molar-refractivity contribution in [2.24, 2.45) is 5.92 Å². The zero-order valence-electron chi connectivity index (χ0n) is 13.4. The van der Waals surface area contributed by atoms with Crippen LogP contribution in [0.5, 0.6) is 0 Å². The quantitative estimate of drug-likeness (QED) is 0.855. The van der Waals surface area contributed by atoms with Gasteiger partial charge in [0.25, 0.3) is 5.91 Å². The number of amides is 1. The summed E-state index contributed by atoms with van der Waals surface area (Å²) >= 11 is 0. The largest absolute Gasteiger partial charge is 0.438 e. The number of carbonyl (C=O) groups excluding carboxylic acids is 1. The molecule has 4 rings (SSSR count). The van der Waals surface area contributed by atoms with Gasteiger partial charge in [-0.1, -0.05) is 12.8 Å². The molecule has 1 atom stereocenters. The van der Waals surface area contributed by atoms with E-state index in [0.717, 1.165) is 38.2 Å². The summed E-state index contributed by atoms with van der Waals surface area (Å²) in [7, 11) is 0. The van der Waals surface area contributed by atoms with Gasteiger partial charge in [-0.05, 0) is 32.1 Å². The van der Waals surface area contributed by atoms with Crippen LogP contribution in [0.25, 0.3) is 0 Å². The third kappa shape index (κ3) is 2.46. The maximum Gasteiger partial charge on any atom is 0.292 e. The Hall–Kier alpha value is -2.11. The summed E-state index contributed by atoms with van der Waals surface area (Å²) in [5.41, 5.74) is 0.660.